The number of sulfone groups is 1. The maximum atomic E-state index is 12.5. The van der Waals surface area contributed by atoms with Crippen LogP contribution in [0, 0.1) is 0 Å². The monoisotopic (exact) mass is 431 g/mol. The molecule has 1 atom stereocenters. The Bertz CT molecular complexity index is 1200. The predicted molar refractivity (Wildman–Crippen MR) is 109 cm³/mol. The number of amides is 1. The molecule has 3 rings (SSSR count). The number of rotatable bonds is 7. The maximum absolute atomic E-state index is 12.5. The molecule has 1 amide bonds. The Kier molecular flexibility index (Phi) is 5.90. The van der Waals surface area contributed by atoms with E-state index in [4.69, 9.17) is 9.62 Å². The fourth-order valence-corrected chi connectivity index (χ4v) is 3.82. The second kappa shape index (κ2) is 8.25. The van der Waals surface area contributed by atoms with Crippen LogP contribution < -0.4 is 11.0 Å². The number of carbonyl (C=O) groups is 1. The second-order valence-corrected chi connectivity index (χ2v) is 9.53. The average molecular weight is 431 g/mol. The number of hydroxylamine groups is 1. The number of nitrogens with zero attached hydrogens (tertiary/aromatic N) is 2. The molecule has 0 spiro atoms. The Labute approximate surface area is 172 Å². The molecule has 0 aliphatic carbocycles. The van der Waals surface area contributed by atoms with E-state index in [-0.39, 0.29) is 18.5 Å². The van der Waals surface area contributed by atoms with Gasteiger partial charge in [-0.15, -0.1) is 0 Å². The van der Waals surface area contributed by atoms with Gasteiger partial charge in [-0.05, 0) is 30.5 Å². The van der Waals surface area contributed by atoms with Crippen LogP contribution in [0.1, 0.15) is 13.3 Å². The number of benzene rings is 1. The van der Waals surface area contributed by atoms with E-state index in [1.54, 1.807) is 18.5 Å². The summed E-state index contributed by atoms with van der Waals surface area (Å²) in [5.41, 5.74) is 3.42. The molecule has 0 aliphatic heterocycles. The SMILES string of the molecule is CC(CCn1ccc(-c2ccc(-c3cnco3)cc2)cc1=O)(C(=O)NO)S(C)(=O)=O. The third-order valence-electron chi connectivity index (χ3n) is 5.16. The molecule has 0 bridgehead atoms. The van der Waals surface area contributed by atoms with E-state index < -0.39 is 20.5 Å². The lowest BCUT2D eigenvalue weighted by Gasteiger charge is -2.25. The van der Waals surface area contributed by atoms with Gasteiger partial charge in [0.1, 0.15) is 0 Å². The number of pyridine rings is 1. The molecule has 3 aromatic rings. The van der Waals surface area contributed by atoms with Gasteiger partial charge in [-0.1, -0.05) is 24.3 Å². The van der Waals surface area contributed by atoms with Crippen LogP contribution in [-0.4, -0.2) is 40.1 Å². The third-order valence-corrected chi connectivity index (χ3v) is 7.19. The summed E-state index contributed by atoms with van der Waals surface area (Å²) < 4.78 is 28.8. The number of carbonyl (C=O) groups excluding carboxylic acids is 1. The number of aryl methyl sites for hydroxylation is 1. The minimum Gasteiger partial charge on any atom is -0.444 e. The van der Waals surface area contributed by atoms with Gasteiger partial charge in [-0.3, -0.25) is 14.8 Å². The van der Waals surface area contributed by atoms with Crippen LogP contribution in [0.5, 0.6) is 0 Å². The molecule has 1 aromatic carbocycles. The van der Waals surface area contributed by atoms with Crippen molar-refractivity contribution in [2.75, 3.05) is 6.26 Å². The fraction of sp³-hybridized carbons (Fsp3) is 0.250. The molecular formula is C20H21N3O6S. The maximum Gasteiger partial charge on any atom is 0.264 e. The van der Waals surface area contributed by atoms with Crippen LogP contribution in [0.4, 0.5) is 0 Å². The van der Waals surface area contributed by atoms with Gasteiger partial charge in [0.25, 0.3) is 11.5 Å². The lowest BCUT2D eigenvalue weighted by Crippen LogP contribution is -2.49. The zero-order valence-corrected chi connectivity index (χ0v) is 17.2. The van der Waals surface area contributed by atoms with Gasteiger partial charge < -0.3 is 8.98 Å². The van der Waals surface area contributed by atoms with Crippen LogP contribution in [0.15, 0.2) is 64.4 Å². The summed E-state index contributed by atoms with van der Waals surface area (Å²) >= 11 is 0. The Morgan fingerprint density at radius 2 is 1.87 bits per heavy atom. The van der Waals surface area contributed by atoms with Crippen molar-refractivity contribution in [3.8, 4) is 22.5 Å². The molecule has 10 heteroatoms. The normalized spacial score (nSPS) is 13.6. The first-order valence-electron chi connectivity index (χ1n) is 8.99. The minimum absolute atomic E-state index is 0.0134. The molecular weight excluding hydrogens is 410 g/mol. The first-order valence-corrected chi connectivity index (χ1v) is 10.9. The summed E-state index contributed by atoms with van der Waals surface area (Å²) in [7, 11) is -3.83. The smallest absolute Gasteiger partial charge is 0.264 e. The van der Waals surface area contributed by atoms with E-state index in [0.29, 0.717) is 11.3 Å². The minimum atomic E-state index is -3.83. The van der Waals surface area contributed by atoms with Crippen molar-refractivity contribution >= 4 is 15.7 Å². The third kappa shape index (κ3) is 4.19. The molecule has 0 aliphatic rings. The zero-order chi connectivity index (χ0) is 21.9. The first kappa shape index (κ1) is 21.5. The summed E-state index contributed by atoms with van der Waals surface area (Å²) in [6, 6.07) is 10.6. The number of hydrogen-bond acceptors (Lipinski definition) is 7. The lowest BCUT2D eigenvalue weighted by atomic mass is 10.0. The van der Waals surface area contributed by atoms with E-state index in [2.05, 4.69) is 4.98 Å². The van der Waals surface area contributed by atoms with E-state index in [1.165, 1.54) is 29.4 Å². The highest BCUT2D eigenvalue weighted by Gasteiger charge is 2.43. The second-order valence-electron chi connectivity index (χ2n) is 7.08. The molecule has 9 nitrogen and oxygen atoms in total. The average Bonchev–Trinajstić information content (AvgIpc) is 3.26. The molecule has 2 heterocycles. The molecule has 1 unspecified atom stereocenters. The van der Waals surface area contributed by atoms with Gasteiger partial charge in [-0.25, -0.2) is 18.9 Å². The van der Waals surface area contributed by atoms with Crippen LogP contribution in [0.3, 0.4) is 0 Å². The van der Waals surface area contributed by atoms with Crippen LogP contribution in [-0.2, 0) is 21.2 Å². The molecule has 2 N–H and O–H groups in total. The Balaban J connectivity index is 1.80. The van der Waals surface area contributed by atoms with Gasteiger partial charge >= 0.3 is 0 Å². The van der Waals surface area contributed by atoms with Crippen molar-refractivity contribution in [1.29, 1.82) is 0 Å². The van der Waals surface area contributed by atoms with Crippen LogP contribution >= 0.6 is 0 Å². The molecule has 0 radical (unpaired) electrons. The lowest BCUT2D eigenvalue weighted by molar-refractivity contribution is -0.131. The number of nitrogens with one attached hydrogen (secondary N) is 1. The highest BCUT2D eigenvalue weighted by molar-refractivity contribution is 7.92. The molecule has 2 aromatic heterocycles. The first-order chi connectivity index (χ1) is 14.2. The fourth-order valence-electron chi connectivity index (χ4n) is 2.98. The highest BCUT2D eigenvalue weighted by atomic mass is 32.2. The van der Waals surface area contributed by atoms with Crippen molar-refractivity contribution in [3.63, 3.8) is 0 Å². The topological polar surface area (TPSA) is 132 Å². The standard InChI is InChI=1S/C20H21N3O6S/c1-20(19(25)22-26,30(2,27)28)8-10-23-9-7-16(11-18(23)24)14-3-5-15(6-4-14)17-12-21-13-29-17/h3-7,9,11-13,26H,8,10H2,1-2H3,(H,22,25). The van der Waals surface area contributed by atoms with Crippen molar-refractivity contribution in [1.82, 2.24) is 15.0 Å². The van der Waals surface area contributed by atoms with E-state index in [9.17, 15) is 18.0 Å². The van der Waals surface area contributed by atoms with Gasteiger partial charge in [0.05, 0.1) is 6.20 Å². The van der Waals surface area contributed by atoms with Crippen LogP contribution in [0.25, 0.3) is 22.5 Å². The molecule has 0 fully saturated rings. The number of aromatic nitrogens is 2. The van der Waals surface area contributed by atoms with E-state index in [1.807, 2.05) is 24.3 Å². The van der Waals surface area contributed by atoms with Crippen molar-refractivity contribution < 1.29 is 22.8 Å². The number of oxazole rings is 1. The molecule has 158 valence electrons. The van der Waals surface area contributed by atoms with Crippen LogP contribution in [0.2, 0.25) is 0 Å². The van der Waals surface area contributed by atoms with Crippen molar-refractivity contribution in [3.05, 3.63) is 65.5 Å². The molecule has 30 heavy (non-hydrogen) atoms. The molecule has 0 saturated heterocycles. The van der Waals surface area contributed by atoms with Crippen molar-refractivity contribution in [2.45, 2.75) is 24.6 Å². The predicted octanol–water partition coefficient (Wildman–Crippen LogP) is 1.87. The van der Waals surface area contributed by atoms with Gasteiger partial charge in [0.15, 0.2) is 26.7 Å². The summed E-state index contributed by atoms with van der Waals surface area (Å²) in [5.74, 6) is -0.403. The van der Waals surface area contributed by atoms with Gasteiger partial charge in [0, 0.05) is 30.6 Å². The Hall–Kier alpha value is -3.24. The van der Waals surface area contributed by atoms with E-state index >= 15 is 0 Å². The Morgan fingerprint density at radius 1 is 1.20 bits per heavy atom. The van der Waals surface area contributed by atoms with Gasteiger partial charge in [-0.2, -0.15) is 0 Å². The summed E-state index contributed by atoms with van der Waals surface area (Å²) in [6.45, 7) is 1.20. The Morgan fingerprint density at radius 3 is 2.40 bits per heavy atom. The quantitative estimate of drug-likeness (QED) is 0.431. The van der Waals surface area contributed by atoms with Crippen molar-refractivity contribution in [2.24, 2.45) is 0 Å². The highest BCUT2D eigenvalue weighted by Crippen LogP contribution is 2.25. The van der Waals surface area contributed by atoms with E-state index in [0.717, 1.165) is 17.4 Å². The summed E-state index contributed by atoms with van der Waals surface area (Å²) in [6.07, 6.45) is 5.24. The molecule has 0 saturated carbocycles. The van der Waals surface area contributed by atoms with Gasteiger partial charge in [0.2, 0.25) is 0 Å². The summed E-state index contributed by atoms with van der Waals surface area (Å²) in [4.78, 5) is 28.3. The number of hydrogen-bond donors (Lipinski definition) is 2. The summed E-state index contributed by atoms with van der Waals surface area (Å²) in [5, 5.41) is 8.89. The largest absolute Gasteiger partial charge is 0.444 e. The zero-order valence-electron chi connectivity index (χ0n) is 16.4.